The van der Waals surface area contributed by atoms with Crippen LogP contribution < -0.4 is 10.2 Å². The number of carbonyl (C=O) groups is 1. The van der Waals surface area contributed by atoms with E-state index in [1.165, 1.54) is 24.3 Å². The van der Waals surface area contributed by atoms with Gasteiger partial charge in [0.05, 0.1) is 11.1 Å². The quantitative estimate of drug-likeness (QED) is 0.488. The summed E-state index contributed by atoms with van der Waals surface area (Å²) in [6, 6.07) is 18.5. The van der Waals surface area contributed by atoms with Gasteiger partial charge in [0.15, 0.2) is 5.82 Å². The molecule has 1 atom stereocenters. The second-order valence-electron chi connectivity index (χ2n) is 8.32. The van der Waals surface area contributed by atoms with Crippen LogP contribution in [0.1, 0.15) is 22.3 Å². The normalized spacial score (nSPS) is 15.7. The highest BCUT2D eigenvalue weighted by Crippen LogP contribution is 2.33. The summed E-state index contributed by atoms with van der Waals surface area (Å²) < 4.78 is 13.2. The fourth-order valence-electron chi connectivity index (χ4n) is 4.19. The highest BCUT2D eigenvalue weighted by atomic mass is 19.1. The second-order valence-corrected chi connectivity index (χ2v) is 8.32. The predicted octanol–water partition coefficient (Wildman–Crippen LogP) is 4.46. The maximum atomic E-state index is 13.2. The van der Waals surface area contributed by atoms with Gasteiger partial charge in [0.25, 0.3) is 5.91 Å². The number of rotatable bonds is 4. The first-order chi connectivity index (χ1) is 16.0. The second kappa shape index (κ2) is 8.50. The van der Waals surface area contributed by atoms with E-state index in [-0.39, 0.29) is 23.5 Å². The molecule has 0 aliphatic carbocycles. The first kappa shape index (κ1) is 20.9. The number of benzene rings is 3. The summed E-state index contributed by atoms with van der Waals surface area (Å²) >= 11 is 0. The number of anilines is 1. The van der Waals surface area contributed by atoms with Crippen molar-refractivity contribution >= 4 is 22.6 Å². The maximum absolute atomic E-state index is 13.2. The van der Waals surface area contributed by atoms with E-state index in [9.17, 15) is 14.3 Å². The van der Waals surface area contributed by atoms with Crippen LogP contribution in [0, 0.1) is 12.7 Å². The fraction of sp³-hybridized carbons (Fsp3) is 0.192. The van der Waals surface area contributed by atoms with Crippen molar-refractivity contribution in [2.24, 2.45) is 0 Å². The summed E-state index contributed by atoms with van der Waals surface area (Å²) in [6.45, 7) is 3.32. The lowest BCUT2D eigenvalue weighted by Gasteiger charge is -2.21. The Bertz CT molecular complexity index is 1340. The molecule has 1 unspecified atom stereocenters. The lowest BCUT2D eigenvalue weighted by Crippen LogP contribution is -2.37. The number of nitrogens with one attached hydrogen (secondary N) is 1. The molecule has 2 N–H and O–H groups in total. The van der Waals surface area contributed by atoms with Crippen molar-refractivity contribution in [2.75, 3.05) is 18.0 Å². The van der Waals surface area contributed by atoms with E-state index in [2.05, 4.69) is 10.2 Å². The zero-order valence-electron chi connectivity index (χ0n) is 18.1. The zero-order valence-corrected chi connectivity index (χ0v) is 18.1. The molecule has 33 heavy (non-hydrogen) atoms. The molecule has 1 saturated heterocycles. The Balaban J connectivity index is 1.45. The molecule has 4 aromatic rings. The van der Waals surface area contributed by atoms with Crippen molar-refractivity contribution in [1.29, 1.82) is 0 Å². The van der Waals surface area contributed by atoms with E-state index in [1.54, 1.807) is 18.2 Å². The van der Waals surface area contributed by atoms with Gasteiger partial charge >= 0.3 is 0 Å². The molecular weight excluding hydrogens is 419 g/mol. The number of halogens is 1. The molecule has 0 radical (unpaired) electrons. The Morgan fingerprint density at radius 3 is 2.67 bits per heavy atom. The smallest absolute Gasteiger partial charge is 0.251 e. The number of phenolic OH excluding ortho intramolecular Hbond substituents is 1. The van der Waals surface area contributed by atoms with E-state index in [0.717, 1.165) is 28.7 Å². The average molecular weight is 442 g/mol. The molecule has 5 rings (SSSR count). The van der Waals surface area contributed by atoms with Crippen LogP contribution in [-0.4, -0.2) is 40.1 Å². The van der Waals surface area contributed by atoms with Crippen molar-refractivity contribution in [2.45, 2.75) is 19.4 Å². The molecule has 1 aromatic heterocycles. The standard InChI is InChI=1S/C26H23FN4O2/c1-16-6-11-20-22(14-16)29-24(21-4-2-3-5-23(21)32)30-25(20)31-13-12-19(15-31)28-26(33)17-7-9-18(27)10-8-17/h2-11,14,19,32H,12-13,15H2,1H3,(H,28,33). The fourth-order valence-corrected chi connectivity index (χ4v) is 4.19. The highest BCUT2D eigenvalue weighted by Gasteiger charge is 2.27. The van der Waals surface area contributed by atoms with Gasteiger partial charge in [0.1, 0.15) is 17.4 Å². The van der Waals surface area contributed by atoms with Crippen LogP contribution in [0.4, 0.5) is 10.2 Å². The van der Waals surface area contributed by atoms with Gasteiger partial charge in [-0.25, -0.2) is 14.4 Å². The van der Waals surface area contributed by atoms with Crippen molar-refractivity contribution < 1.29 is 14.3 Å². The van der Waals surface area contributed by atoms with Gasteiger partial charge in [0, 0.05) is 30.1 Å². The summed E-state index contributed by atoms with van der Waals surface area (Å²) in [5.41, 5.74) is 2.89. The number of nitrogens with zero attached hydrogens (tertiary/aromatic N) is 3. The third-order valence-corrected chi connectivity index (χ3v) is 5.91. The minimum absolute atomic E-state index is 0.0633. The molecule has 0 saturated carbocycles. The number of aromatic hydroxyl groups is 1. The lowest BCUT2D eigenvalue weighted by atomic mass is 10.1. The summed E-state index contributed by atoms with van der Waals surface area (Å²) in [6.07, 6.45) is 0.760. The van der Waals surface area contributed by atoms with E-state index in [1.807, 2.05) is 31.2 Å². The largest absolute Gasteiger partial charge is 0.507 e. The Morgan fingerprint density at radius 2 is 1.88 bits per heavy atom. The van der Waals surface area contributed by atoms with Crippen LogP contribution in [0.15, 0.2) is 66.7 Å². The summed E-state index contributed by atoms with van der Waals surface area (Å²) in [5.74, 6) is 0.766. The minimum Gasteiger partial charge on any atom is -0.507 e. The third-order valence-electron chi connectivity index (χ3n) is 5.91. The number of carbonyl (C=O) groups excluding carboxylic acids is 1. The molecule has 3 aromatic carbocycles. The molecule has 1 amide bonds. The Kier molecular flexibility index (Phi) is 5.38. The van der Waals surface area contributed by atoms with Crippen LogP contribution >= 0.6 is 0 Å². The van der Waals surface area contributed by atoms with E-state index >= 15 is 0 Å². The molecular formula is C26H23FN4O2. The average Bonchev–Trinajstić information content (AvgIpc) is 3.27. The molecule has 1 aliphatic heterocycles. The summed E-state index contributed by atoms with van der Waals surface area (Å²) in [7, 11) is 0. The van der Waals surface area contributed by atoms with Crippen molar-refractivity contribution in [3.05, 3.63) is 83.7 Å². The van der Waals surface area contributed by atoms with Crippen LogP contribution in [0.2, 0.25) is 0 Å². The van der Waals surface area contributed by atoms with Gasteiger partial charge in [-0.3, -0.25) is 4.79 Å². The lowest BCUT2D eigenvalue weighted by molar-refractivity contribution is 0.0940. The van der Waals surface area contributed by atoms with Crippen molar-refractivity contribution in [3.63, 3.8) is 0 Å². The molecule has 1 aliphatic rings. The van der Waals surface area contributed by atoms with Crippen LogP contribution in [0.5, 0.6) is 5.75 Å². The van der Waals surface area contributed by atoms with Gasteiger partial charge in [-0.05, 0) is 67.4 Å². The topological polar surface area (TPSA) is 78.4 Å². The number of hydrogen-bond acceptors (Lipinski definition) is 5. The molecule has 0 bridgehead atoms. The van der Waals surface area contributed by atoms with Gasteiger partial charge < -0.3 is 15.3 Å². The SMILES string of the molecule is Cc1ccc2c(N3CCC(NC(=O)c4ccc(F)cc4)C3)nc(-c3ccccc3O)nc2c1. The molecule has 6 nitrogen and oxygen atoms in total. The molecule has 2 heterocycles. The van der Waals surface area contributed by atoms with E-state index in [0.29, 0.717) is 30.0 Å². The number of aryl methyl sites for hydroxylation is 1. The Morgan fingerprint density at radius 1 is 1.09 bits per heavy atom. The summed E-state index contributed by atoms with van der Waals surface area (Å²) in [4.78, 5) is 24.3. The van der Waals surface area contributed by atoms with Crippen LogP contribution in [-0.2, 0) is 0 Å². The minimum atomic E-state index is -0.371. The highest BCUT2D eigenvalue weighted by molar-refractivity contribution is 5.95. The third kappa shape index (κ3) is 4.22. The van der Waals surface area contributed by atoms with Crippen LogP contribution in [0.3, 0.4) is 0 Å². The van der Waals surface area contributed by atoms with E-state index in [4.69, 9.17) is 9.97 Å². The number of fused-ring (bicyclic) bond motifs is 1. The van der Waals surface area contributed by atoms with Crippen molar-refractivity contribution in [1.82, 2.24) is 15.3 Å². The number of amides is 1. The van der Waals surface area contributed by atoms with Gasteiger partial charge in [0.2, 0.25) is 0 Å². The molecule has 7 heteroatoms. The Labute approximate surface area is 190 Å². The number of phenols is 1. The molecule has 166 valence electrons. The van der Waals surface area contributed by atoms with Crippen LogP contribution in [0.25, 0.3) is 22.3 Å². The molecule has 1 fully saturated rings. The van der Waals surface area contributed by atoms with Gasteiger partial charge in [-0.15, -0.1) is 0 Å². The first-order valence-electron chi connectivity index (χ1n) is 10.9. The zero-order chi connectivity index (χ0) is 22.9. The predicted molar refractivity (Wildman–Crippen MR) is 126 cm³/mol. The number of hydrogen-bond donors (Lipinski definition) is 2. The number of aromatic nitrogens is 2. The summed E-state index contributed by atoms with van der Waals surface area (Å²) in [5, 5.41) is 14.3. The molecule has 0 spiro atoms. The van der Waals surface area contributed by atoms with Gasteiger partial charge in [-0.1, -0.05) is 18.2 Å². The monoisotopic (exact) mass is 442 g/mol. The van der Waals surface area contributed by atoms with Crippen molar-refractivity contribution in [3.8, 4) is 17.1 Å². The number of para-hydroxylation sites is 1. The Hall–Kier alpha value is -4.00. The van der Waals surface area contributed by atoms with Gasteiger partial charge in [-0.2, -0.15) is 0 Å². The maximum Gasteiger partial charge on any atom is 0.251 e. The first-order valence-corrected chi connectivity index (χ1v) is 10.9. The van der Waals surface area contributed by atoms with E-state index < -0.39 is 0 Å².